The molecular weight excluding hydrogens is 202 g/mol. The zero-order valence-corrected chi connectivity index (χ0v) is 9.47. The summed E-state index contributed by atoms with van der Waals surface area (Å²) >= 11 is 0. The summed E-state index contributed by atoms with van der Waals surface area (Å²) in [7, 11) is 1.92. The summed E-state index contributed by atoms with van der Waals surface area (Å²) in [6.07, 6.45) is 1.83. The SMILES string of the molecule is Cc1c(COc2ccc(N)cc2)cnn1C. The normalized spacial score (nSPS) is 10.4. The van der Waals surface area contributed by atoms with E-state index in [1.165, 1.54) is 0 Å². The Bertz CT molecular complexity index is 474. The first-order valence-electron chi connectivity index (χ1n) is 5.12. The van der Waals surface area contributed by atoms with Crippen molar-refractivity contribution in [3.8, 4) is 5.75 Å². The Morgan fingerprint density at radius 3 is 2.56 bits per heavy atom. The van der Waals surface area contributed by atoms with E-state index < -0.39 is 0 Å². The van der Waals surface area contributed by atoms with Gasteiger partial charge in [-0.2, -0.15) is 5.10 Å². The molecule has 2 N–H and O–H groups in total. The minimum Gasteiger partial charge on any atom is -0.489 e. The second-order valence-electron chi connectivity index (χ2n) is 3.74. The van der Waals surface area contributed by atoms with Gasteiger partial charge in [-0.05, 0) is 31.2 Å². The van der Waals surface area contributed by atoms with Gasteiger partial charge in [-0.15, -0.1) is 0 Å². The lowest BCUT2D eigenvalue weighted by Crippen LogP contribution is -1.98. The van der Waals surface area contributed by atoms with Crippen LogP contribution in [0.25, 0.3) is 0 Å². The molecule has 0 aliphatic rings. The van der Waals surface area contributed by atoms with Crippen LogP contribution in [0.5, 0.6) is 5.75 Å². The lowest BCUT2D eigenvalue weighted by molar-refractivity contribution is 0.305. The van der Waals surface area contributed by atoms with E-state index in [0.29, 0.717) is 6.61 Å². The highest BCUT2D eigenvalue weighted by Gasteiger charge is 2.03. The minimum atomic E-state index is 0.531. The van der Waals surface area contributed by atoms with Gasteiger partial charge in [-0.3, -0.25) is 4.68 Å². The van der Waals surface area contributed by atoms with Crippen molar-refractivity contribution in [2.24, 2.45) is 7.05 Å². The summed E-state index contributed by atoms with van der Waals surface area (Å²) in [5.74, 6) is 0.817. The van der Waals surface area contributed by atoms with Gasteiger partial charge in [-0.25, -0.2) is 0 Å². The molecule has 16 heavy (non-hydrogen) atoms. The summed E-state index contributed by atoms with van der Waals surface area (Å²) in [6.45, 7) is 2.55. The van der Waals surface area contributed by atoms with Crippen molar-refractivity contribution in [3.05, 3.63) is 41.7 Å². The number of rotatable bonds is 3. The monoisotopic (exact) mass is 217 g/mol. The predicted molar refractivity (Wildman–Crippen MR) is 63.1 cm³/mol. The number of hydrogen-bond acceptors (Lipinski definition) is 3. The molecule has 0 aliphatic heterocycles. The molecule has 4 nitrogen and oxygen atoms in total. The fourth-order valence-corrected chi connectivity index (χ4v) is 1.41. The highest BCUT2D eigenvalue weighted by atomic mass is 16.5. The molecule has 0 fully saturated rings. The molecule has 0 amide bonds. The van der Waals surface area contributed by atoms with Gasteiger partial charge in [0.2, 0.25) is 0 Å². The van der Waals surface area contributed by atoms with Crippen LogP contribution in [0, 0.1) is 6.92 Å². The lowest BCUT2D eigenvalue weighted by atomic mass is 10.3. The average molecular weight is 217 g/mol. The third-order valence-electron chi connectivity index (χ3n) is 2.61. The van der Waals surface area contributed by atoms with E-state index in [1.807, 2.05) is 49.1 Å². The molecule has 0 aliphatic carbocycles. The molecule has 0 unspecified atom stereocenters. The van der Waals surface area contributed by atoms with E-state index >= 15 is 0 Å². The lowest BCUT2D eigenvalue weighted by Gasteiger charge is -2.05. The van der Waals surface area contributed by atoms with Crippen LogP contribution in [-0.2, 0) is 13.7 Å². The molecule has 2 rings (SSSR count). The summed E-state index contributed by atoms with van der Waals surface area (Å²) in [6, 6.07) is 7.37. The molecule has 0 radical (unpaired) electrons. The molecule has 2 aromatic rings. The van der Waals surface area contributed by atoms with Gasteiger partial charge in [-0.1, -0.05) is 0 Å². The third-order valence-corrected chi connectivity index (χ3v) is 2.61. The standard InChI is InChI=1S/C12H15N3O/c1-9-10(7-14-15(9)2)8-16-12-5-3-11(13)4-6-12/h3-7H,8,13H2,1-2H3. The predicted octanol–water partition coefficient (Wildman–Crippen LogP) is 1.89. The first-order valence-corrected chi connectivity index (χ1v) is 5.12. The fourth-order valence-electron chi connectivity index (χ4n) is 1.41. The highest BCUT2D eigenvalue weighted by molar-refractivity contribution is 5.41. The highest BCUT2D eigenvalue weighted by Crippen LogP contribution is 2.15. The number of aromatic nitrogens is 2. The number of anilines is 1. The van der Waals surface area contributed by atoms with Crippen molar-refractivity contribution in [2.75, 3.05) is 5.73 Å². The van der Waals surface area contributed by atoms with E-state index in [9.17, 15) is 0 Å². The molecule has 1 aromatic heterocycles. The first kappa shape index (κ1) is 10.5. The molecule has 0 atom stereocenters. The number of benzene rings is 1. The molecule has 1 aromatic carbocycles. The van der Waals surface area contributed by atoms with Crippen LogP contribution in [0.3, 0.4) is 0 Å². The van der Waals surface area contributed by atoms with Gasteiger partial charge in [0.25, 0.3) is 0 Å². The molecule has 0 saturated carbocycles. The summed E-state index contributed by atoms with van der Waals surface area (Å²) < 4.78 is 7.47. The van der Waals surface area contributed by atoms with Gasteiger partial charge >= 0.3 is 0 Å². The number of hydrogen-bond donors (Lipinski definition) is 1. The number of nitrogens with zero attached hydrogens (tertiary/aromatic N) is 2. The minimum absolute atomic E-state index is 0.531. The van der Waals surface area contributed by atoms with Gasteiger partial charge in [0, 0.05) is 24.0 Å². The molecule has 0 spiro atoms. The van der Waals surface area contributed by atoms with Crippen LogP contribution >= 0.6 is 0 Å². The maximum absolute atomic E-state index is 5.63. The van der Waals surface area contributed by atoms with Crippen molar-refractivity contribution >= 4 is 5.69 Å². The number of nitrogens with two attached hydrogens (primary N) is 1. The van der Waals surface area contributed by atoms with Crippen LogP contribution < -0.4 is 10.5 Å². The maximum Gasteiger partial charge on any atom is 0.119 e. The largest absolute Gasteiger partial charge is 0.489 e. The van der Waals surface area contributed by atoms with Gasteiger partial charge < -0.3 is 10.5 Å². The Morgan fingerprint density at radius 2 is 2.00 bits per heavy atom. The van der Waals surface area contributed by atoms with Crippen molar-refractivity contribution in [3.63, 3.8) is 0 Å². The molecule has 4 heteroatoms. The van der Waals surface area contributed by atoms with E-state index in [-0.39, 0.29) is 0 Å². The number of ether oxygens (including phenoxy) is 1. The molecule has 84 valence electrons. The third kappa shape index (κ3) is 2.16. The second-order valence-corrected chi connectivity index (χ2v) is 3.74. The van der Waals surface area contributed by atoms with E-state index in [4.69, 9.17) is 10.5 Å². The van der Waals surface area contributed by atoms with Crippen LogP contribution in [0.2, 0.25) is 0 Å². The van der Waals surface area contributed by atoms with Crippen molar-refractivity contribution in [1.82, 2.24) is 9.78 Å². The number of nitrogen functional groups attached to an aromatic ring is 1. The first-order chi connectivity index (χ1) is 7.66. The average Bonchev–Trinajstić information content (AvgIpc) is 2.60. The van der Waals surface area contributed by atoms with Crippen molar-refractivity contribution in [2.45, 2.75) is 13.5 Å². The fraction of sp³-hybridized carbons (Fsp3) is 0.250. The van der Waals surface area contributed by atoms with Gasteiger partial charge in [0.05, 0.1) is 6.20 Å². The molecule has 0 saturated heterocycles. The summed E-state index contributed by atoms with van der Waals surface area (Å²) in [5, 5.41) is 4.16. The zero-order valence-electron chi connectivity index (χ0n) is 9.47. The smallest absolute Gasteiger partial charge is 0.119 e. The van der Waals surface area contributed by atoms with E-state index in [0.717, 1.165) is 22.7 Å². The van der Waals surface area contributed by atoms with Crippen LogP contribution in [0.1, 0.15) is 11.3 Å². The maximum atomic E-state index is 5.63. The van der Waals surface area contributed by atoms with Gasteiger partial charge in [0.15, 0.2) is 0 Å². The van der Waals surface area contributed by atoms with E-state index in [1.54, 1.807) is 0 Å². The summed E-state index contributed by atoms with van der Waals surface area (Å²) in [5.41, 5.74) is 8.55. The molecule has 0 bridgehead atoms. The van der Waals surface area contributed by atoms with Crippen LogP contribution in [-0.4, -0.2) is 9.78 Å². The molecule has 1 heterocycles. The quantitative estimate of drug-likeness (QED) is 0.799. The zero-order chi connectivity index (χ0) is 11.5. The molecular formula is C12H15N3O. The van der Waals surface area contributed by atoms with Crippen LogP contribution in [0.4, 0.5) is 5.69 Å². The Balaban J connectivity index is 2.02. The van der Waals surface area contributed by atoms with Crippen LogP contribution in [0.15, 0.2) is 30.5 Å². The van der Waals surface area contributed by atoms with Crippen molar-refractivity contribution in [1.29, 1.82) is 0 Å². The second kappa shape index (κ2) is 4.26. The Kier molecular flexibility index (Phi) is 2.81. The van der Waals surface area contributed by atoms with Gasteiger partial charge in [0.1, 0.15) is 12.4 Å². The Hall–Kier alpha value is -1.97. The number of aryl methyl sites for hydroxylation is 1. The topological polar surface area (TPSA) is 53.1 Å². The van der Waals surface area contributed by atoms with Crippen molar-refractivity contribution < 1.29 is 4.74 Å². The Labute approximate surface area is 94.6 Å². The Morgan fingerprint density at radius 1 is 1.31 bits per heavy atom. The summed E-state index contributed by atoms with van der Waals surface area (Å²) in [4.78, 5) is 0. The van der Waals surface area contributed by atoms with E-state index in [2.05, 4.69) is 5.10 Å².